The zero-order valence-corrected chi connectivity index (χ0v) is 23.9. The second-order valence-corrected chi connectivity index (χ2v) is 18.2. The van der Waals surface area contributed by atoms with E-state index in [1.807, 2.05) is 29.8 Å². The zero-order chi connectivity index (χ0) is 25.2. The van der Waals surface area contributed by atoms with Gasteiger partial charge >= 0.3 is 0 Å². The standard InChI is InChI=1S/C24H32BrN3O5SSi/c1-17-5-7-19(8-6-17)34(29,30)27-21-14-32-15-22(21)33-24-20(25)13-18-9-10-28(23(18)26-24)16-31-11-12-35(2,3)4/h5-10,13,21-22,27H,11-12,14-16H2,1-4H3/t21-,22-/m1/s1. The first-order chi connectivity index (χ1) is 16.5. The fraction of sp³-hybridized carbons (Fsp3) is 0.458. The largest absolute Gasteiger partial charge is 0.469 e. The molecule has 1 aliphatic heterocycles. The van der Waals surface area contributed by atoms with Gasteiger partial charge < -0.3 is 18.8 Å². The molecule has 1 aromatic carbocycles. The maximum absolute atomic E-state index is 12.9. The van der Waals surface area contributed by atoms with E-state index in [-0.39, 0.29) is 18.1 Å². The Balaban J connectivity index is 1.47. The highest BCUT2D eigenvalue weighted by Crippen LogP contribution is 2.30. The number of hydrogen-bond acceptors (Lipinski definition) is 6. The van der Waals surface area contributed by atoms with E-state index < -0.39 is 30.2 Å². The van der Waals surface area contributed by atoms with Crippen LogP contribution in [0.5, 0.6) is 5.88 Å². The third kappa shape index (κ3) is 6.72. The monoisotopic (exact) mass is 581 g/mol. The Morgan fingerprint density at radius 2 is 1.94 bits per heavy atom. The minimum absolute atomic E-state index is 0.210. The summed E-state index contributed by atoms with van der Waals surface area (Å²) in [5.41, 5.74) is 1.73. The predicted octanol–water partition coefficient (Wildman–Crippen LogP) is 4.54. The summed E-state index contributed by atoms with van der Waals surface area (Å²) < 4.78 is 48.7. The lowest BCUT2D eigenvalue weighted by atomic mass is 10.2. The molecule has 190 valence electrons. The van der Waals surface area contributed by atoms with Crippen LogP contribution in [0.15, 0.2) is 52.0 Å². The number of fused-ring (bicyclic) bond motifs is 1. The highest BCUT2D eigenvalue weighted by molar-refractivity contribution is 9.10. The highest BCUT2D eigenvalue weighted by atomic mass is 79.9. The van der Waals surface area contributed by atoms with Crippen molar-refractivity contribution in [1.29, 1.82) is 0 Å². The van der Waals surface area contributed by atoms with Gasteiger partial charge in [-0.1, -0.05) is 37.3 Å². The van der Waals surface area contributed by atoms with Crippen LogP contribution in [0.2, 0.25) is 25.7 Å². The lowest BCUT2D eigenvalue weighted by molar-refractivity contribution is 0.0897. The van der Waals surface area contributed by atoms with Gasteiger partial charge in [0.15, 0.2) is 0 Å². The Kier molecular flexibility index (Phi) is 8.04. The van der Waals surface area contributed by atoms with Crippen molar-refractivity contribution >= 4 is 45.1 Å². The molecule has 1 aliphatic rings. The summed E-state index contributed by atoms with van der Waals surface area (Å²) in [5.74, 6) is 0.384. The Morgan fingerprint density at radius 1 is 1.20 bits per heavy atom. The Morgan fingerprint density at radius 3 is 2.66 bits per heavy atom. The Labute approximate surface area is 216 Å². The van der Waals surface area contributed by atoms with E-state index >= 15 is 0 Å². The van der Waals surface area contributed by atoms with E-state index in [0.717, 1.165) is 29.2 Å². The van der Waals surface area contributed by atoms with Crippen molar-refractivity contribution in [3.8, 4) is 5.88 Å². The molecule has 8 nitrogen and oxygen atoms in total. The van der Waals surface area contributed by atoms with E-state index in [0.29, 0.717) is 17.1 Å². The van der Waals surface area contributed by atoms with Crippen molar-refractivity contribution in [2.75, 3.05) is 19.8 Å². The number of pyridine rings is 1. The smallest absolute Gasteiger partial charge is 0.241 e. The summed E-state index contributed by atoms with van der Waals surface area (Å²) in [5, 5.41) is 0.956. The van der Waals surface area contributed by atoms with Gasteiger partial charge in [0.05, 0.1) is 28.6 Å². The first-order valence-corrected chi connectivity index (χ1v) is 17.6. The molecule has 3 aromatic rings. The molecule has 2 aromatic heterocycles. The number of hydrogen-bond donors (Lipinski definition) is 1. The Hall–Kier alpha value is -1.76. The summed E-state index contributed by atoms with van der Waals surface area (Å²) in [6.45, 7) is 10.5. The fourth-order valence-electron chi connectivity index (χ4n) is 3.69. The summed E-state index contributed by atoms with van der Waals surface area (Å²) >= 11 is 3.54. The molecular formula is C24H32BrN3O5SSi. The van der Waals surface area contributed by atoms with Gasteiger partial charge in [-0.3, -0.25) is 0 Å². The minimum atomic E-state index is -3.71. The quantitative estimate of drug-likeness (QED) is 0.279. The lowest BCUT2D eigenvalue weighted by Crippen LogP contribution is -2.45. The molecular weight excluding hydrogens is 550 g/mol. The van der Waals surface area contributed by atoms with Gasteiger partial charge in [0.1, 0.15) is 18.5 Å². The number of nitrogens with one attached hydrogen (secondary N) is 1. The number of halogens is 1. The number of aryl methyl sites for hydroxylation is 1. The molecule has 1 N–H and O–H groups in total. The van der Waals surface area contributed by atoms with Crippen LogP contribution in [0, 0.1) is 6.92 Å². The van der Waals surface area contributed by atoms with Crippen LogP contribution in [0.25, 0.3) is 11.0 Å². The maximum atomic E-state index is 12.9. The molecule has 2 atom stereocenters. The maximum Gasteiger partial charge on any atom is 0.241 e. The SMILES string of the molecule is Cc1ccc(S(=O)(=O)N[C@@H]2COC[C@H]2Oc2nc3c(ccn3COCC[Si](C)(C)C)cc2Br)cc1. The average Bonchev–Trinajstić information content (AvgIpc) is 3.37. The lowest BCUT2D eigenvalue weighted by Gasteiger charge is -2.21. The van der Waals surface area contributed by atoms with Gasteiger partial charge in [-0.25, -0.2) is 13.1 Å². The molecule has 35 heavy (non-hydrogen) atoms. The number of rotatable bonds is 10. The van der Waals surface area contributed by atoms with Gasteiger partial charge in [0.25, 0.3) is 0 Å². The average molecular weight is 583 g/mol. The number of aromatic nitrogens is 2. The van der Waals surface area contributed by atoms with E-state index in [1.54, 1.807) is 24.3 Å². The van der Waals surface area contributed by atoms with Crippen LogP contribution in [0.4, 0.5) is 0 Å². The first kappa shape index (κ1) is 26.3. The summed E-state index contributed by atoms with van der Waals surface area (Å²) in [7, 11) is -4.87. The normalized spacial score (nSPS) is 18.9. The zero-order valence-electron chi connectivity index (χ0n) is 20.5. The molecule has 0 radical (unpaired) electrons. The summed E-state index contributed by atoms with van der Waals surface area (Å²) in [6, 6.07) is 11.2. The van der Waals surface area contributed by atoms with Crippen molar-refractivity contribution in [2.45, 2.75) is 56.4 Å². The molecule has 1 saturated heterocycles. The molecule has 11 heteroatoms. The van der Waals surface area contributed by atoms with Crippen LogP contribution >= 0.6 is 15.9 Å². The van der Waals surface area contributed by atoms with E-state index in [1.165, 1.54) is 0 Å². The number of sulfonamides is 1. The minimum Gasteiger partial charge on any atom is -0.469 e. The van der Waals surface area contributed by atoms with Crippen LogP contribution in [0.3, 0.4) is 0 Å². The highest BCUT2D eigenvalue weighted by Gasteiger charge is 2.34. The van der Waals surface area contributed by atoms with Gasteiger partial charge in [0.2, 0.25) is 15.9 Å². The molecule has 0 saturated carbocycles. The van der Waals surface area contributed by atoms with Gasteiger partial charge in [-0.05, 0) is 53.2 Å². The molecule has 1 fully saturated rings. The first-order valence-electron chi connectivity index (χ1n) is 11.6. The fourth-order valence-corrected chi connectivity index (χ4v) is 6.12. The van der Waals surface area contributed by atoms with E-state index in [2.05, 4.69) is 40.3 Å². The third-order valence-electron chi connectivity index (χ3n) is 5.81. The number of benzene rings is 1. The second-order valence-electron chi connectivity index (χ2n) is 10.1. The van der Waals surface area contributed by atoms with Crippen molar-refractivity contribution in [2.24, 2.45) is 0 Å². The summed E-state index contributed by atoms with van der Waals surface area (Å²) in [6.07, 6.45) is 1.42. The van der Waals surface area contributed by atoms with Crippen LogP contribution in [-0.2, 0) is 26.2 Å². The molecule has 3 heterocycles. The van der Waals surface area contributed by atoms with Crippen molar-refractivity contribution in [1.82, 2.24) is 14.3 Å². The molecule has 0 amide bonds. The predicted molar refractivity (Wildman–Crippen MR) is 142 cm³/mol. The molecule has 0 aliphatic carbocycles. The van der Waals surface area contributed by atoms with Crippen LogP contribution in [0.1, 0.15) is 5.56 Å². The van der Waals surface area contributed by atoms with Crippen molar-refractivity contribution in [3.05, 3.63) is 52.6 Å². The molecule has 0 spiro atoms. The summed E-state index contributed by atoms with van der Waals surface area (Å²) in [4.78, 5) is 4.92. The van der Waals surface area contributed by atoms with E-state index in [9.17, 15) is 8.42 Å². The van der Waals surface area contributed by atoms with Crippen molar-refractivity contribution < 1.29 is 22.6 Å². The number of nitrogens with zero attached hydrogens (tertiary/aromatic N) is 2. The van der Waals surface area contributed by atoms with Crippen LogP contribution in [-0.4, -0.2) is 58.0 Å². The second kappa shape index (κ2) is 10.7. The van der Waals surface area contributed by atoms with Crippen molar-refractivity contribution in [3.63, 3.8) is 0 Å². The molecule has 4 rings (SSSR count). The third-order valence-corrected chi connectivity index (χ3v) is 9.59. The van der Waals surface area contributed by atoms with Gasteiger partial charge in [-0.15, -0.1) is 0 Å². The number of ether oxygens (including phenoxy) is 3. The molecule has 0 unspecified atom stereocenters. The Bertz CT molecular complexity index is 1270. The van der Waals surface area contributed by atoms with E-state index in [4.69, 9.17) is 19.2 Å². The van der Waals surface area contributed by atoms with Gasteiger partial charge in [0, 0.05) is 26.3 Å². The topological polar surface area (TPSA) is 91.7 Å². The van der Waals surface area contributed by atoms with Crippen LogP contribution < -0.4 is 9.46 Å². The van der Waals surface area contributed by atoms with Gasteiger partial charge in [-0.2, -0.15) is 4.98 Å². The molecule has 0 bridgehead atoms.